The Balaban J connectivity index is 1.07. The molecule has 0 unspecified atom stereocenters. The van der Waals surface area contributed by atoms with E-state index < -0.39 is 5.82 Å². The average molecular weight is 525 g/mol. The number of nitrogens with one attached hydrogen (secondary N) is 3. The molecule has 10 nitrogen and oxygen atoms in total. The van der Waals surface area contributed by atoms with Crippen LogP contribution in [0.1, 0.15) is 74.7 Å². The van der Waals surface area contributed by atoms with E-state index in [1.807, 2.05) is 4.90 Å². The molecule has 1 saturated carbocycles. The smallest absolute Gasteiger partial charge is 0.274 e. The standard InChI is InChI=1S/C27H33FN6O4/c1-38-24-12-19(20(28)14-29-24)21-13-22(33-32-21)26(37)34-17-2-3-18(34)11-15(10-17)25(36)30-16-4-7-27(8-5-16)9-6-23(35)31-27/h12-18H,2-11H2,1H3,(H,30,36)(H,31,35)(H,32,33)/t15-,16-,17-,18+,27-. The lowest BCUT2D eigenvalue weighted by molar-refractivity contribution is -0.128. The van der Waals surface area contributed by atoms with Crippen LogP contribution in [0.5, 0.6) is 5.88 Å². The quantitative estimate of drug-likeness (QED) is 0.552. The van der Waals surface area contributed by atoms with Crippen LogP contribution < -0.4 is 15.4 Å². The molecule has 11 heteroatoms. The molecule has 1 aliphatic carbocycles. The molecule has 3 N–H and O–H groups in total. The minimum absolute atomic E-state index is 0.0155. The van der Waals surface area contributed by atoms with E-state index in [0.717, 1.165) is 51.1 Å². The van der Waals surface area contributed by atoms with Crippen LogP contribution in [0.15, 0.2) is 18.3 Å². The Morgan fingerprint density at radius 1 is 1.13 bits per heavy atom. The van der Waals surface area contributed by atoms with E-state index in [-0.39, 0.29) is 64.4 Å². The summed E-state index contributed by atoms with van der Waals surface area (Å²) in [4.78, 5) is 44.0. The number of fused-ring (bicyclic) bond motifs is 2. The largest absolute Gasteiger partial charge is 0.481 e. The van der Waals surface area contributed by atoms with Crippen molar-refractivity contribution in [3.8, 4) is 17.1 Å². The Bertz CT molecular complexity index is 1240. The molecule has 2 aromatic rings. The molecule has 3 atom stereocenters. The number of nitrogens with zero attached hydrogens (tertiary/aromatic N) is 3. The molecule has 3 saturated heterocycles. The van der Waals surface area contributed by atoms with Gasteiger partial charge >= 0.3 is 0 Å². The van der Waals surface area contributed by atoms with Crippen LogP contribution in [0, 0.1) is 11.7 Å². The van der Waals surface area contributed by atoms with Gasteiger partial charge < -0.3 is 20.3 Å². The molecule has 1 spiro atoms. The minimum Gasteiger partial charge on any atom is -0.481 e. The number of H-pyrrole nitrogens is 1. The fraction of sp³-hybridized carbons (Fsp3) is 0.593. The maximum Gasteiger partial charge on any atom is 0.274 e. The Morgan fingerprint density at radius 3 is 2.53 bits per heavy atom. The number of methoxy groups -OCH3 is 1. The fourth-order valence-corrected chi connectivity index (χ4v) is 6.94. The highest BCUT2D eigenvalue weighted by Gasteiger charge is 2.46. The van der Waals surface area contributed by atoms with Crippen LogP contribution in [0.2, 0.25) is 0 Å². The first kappa shape index (κ1) is 24.8. The van der Waals surface area contributed by atoms with E-state index in [1.54, 1.807) is 6.07 Å². The number of aromatic nitrogens is 3. The summed E-state index contributed by atoms with van der Waals surface area (Å²) in [5.41, 5.74) is 0.764. The molecular weight excluding hydrogens is 491 g/mol. The third-order valence-electron chi connectivity index (χ3n) is 8.99. The Labute approximate surface area is 220 Å². The van der Waals surface area contributed by atoms with Gasteiger partial charge in [0.25, 0.3) is 5.91 Å². The molecule has 4 fully saturated rings. The first-order valence-corrected chi connectivity index (χ1v) is 13.5. The van der Waals surface area contributed by atoms with E-state index in [0.29, 0.717) is 25.0 Å². The van der Waals surface area contributed by atoms with Crippen LogP contribution >= 0.6 is 0 Å². The number of ether oxygens (including phenoxy) is 1. The summed E-state index contributed by atoms with van der Waals surface area (Å²) >= 11 is 0. The highest BCUT2D eigenvalue weighted by molar-refractivity contribution is 5.94. The van der Waals surface area contributed by atoms with Crippen molar-refractivity contribution in [3.63, 3.8) is 0 Å². The number of halogens is 1. The Kier molecular flexibility index (Phi) is 6.31. The number of amides is 3. The molecule has 202 valence electrons. The predicted molar refractivity (Wildman–Crippen MR) is 135 cm³/mol. The second kappa shape index (κ2) is 9.67. The zero-order valence-electron chi connectivity index (χ0n) is 21.5. The molecule has 38 heavy (non-hydrogen) atoms. The molecule has 6 rings (SSSR count). The highest BCUT2D eigenvalue weighted by Crippen LogP contribution is 2.41. The molecule has 2 aromatic heterocycles. The average Bonchev–Trinajstić information content (AvgIpc) is 3.61. The number of carbonyl (C=O) groups excluding carboxylic acids is 3. The van der Waals surface area contributed by atoms with Crippen molar-refractivity contribution in [2.75, 3.05) is 7.11 Å². The van der Waals surface area contributed by atoms with Gasteiger partial charge in [-0.2, -0.15) is 5.10 Å². The summed E-state index contributed by atoms with van der Waals surface area (Å²) in [6.07, 6.45) is 9.12. The van der Waals surface area contributed by atoms with Gasteiger partial charge in [0, 0.05) is 47.6 Å². The van der Waals surface area contributed by atoms with Gasteiger partial charge in [0.1, 0.15) is 0 Å². The minimum atomic E-state index is -0.540. The molecule has 3 amide bonds. The van der Waals surface area contributed by atoms with Gasteiger partial charge in [-0.05, 0) is 63.9 Å². The van der Waals surface area contributed by atoms with E-state index in [1.165, 1.54) is 13.2 Å². The SMILES string of the molecule is COc1cc(-c2cc(C(=O)N3[C@@H]4CC[C@H]3C[C@H](C(=O)N[C@H]3CC[C@@]5(CCC(=O)N5)CC3)C4)n[nH]2)c(F)cn1. The molecular formula is C27H33FN6O4. The second-order valence-corrected chi connectivity index (χ2v) is 11.3. The second-order valence-electron chi connectivity index (χ2n) is 11.3. The topological polar surface area (TPSA) is 129 Å². The summed E-state index contributed by atoms with van der Waals surface area (Å²) < 4.78 is 19.4. The number of hydrogen-bond donors (Lipinski definition) is 3. The normalized spacial score (nSPS) is 30.4. The van der Waals surface area contributed by atoms with Crippen molar-refractivity contribution >= 4 is 17.7 Å². The van der Waals surface area contributed by atoms with Gasteiger partial charge in [-0.1, -0.05) is 0 Å². The zero-order chi connectivity index (χ0) is 26.4. The van der Waals surface area contributed by atoms with Gasteiger partial charge in [-0.3, -0.25) is 19.5 Å². The van der Waals surface area contributed by atoms with Crippen molar-refractivity contribution in [2.24, 2.45) is 5.92 Å². The summed E-state index contributed by atoms with van der Waals surface area (Å²) in [5.74, 6) is -0.375. The lowest BCUT2D eigenvalue weighted by Gasteiger charge is -2.40. The molecule has 4 aliphatic rings. The van der Waals surface area contributed by atoms with Gasteiger partial charge in [0.05, 0.1) is 19.0 Å². The maximum atomic E-state index is 14.4. The molecule has 5 heterocycles. The zero-order valence-corrected chi connectivity index (χ0v) is 21.5. The van der Waals surface area contributed by atoms with E-state index in [4.69, 9.17) is 4.74 Å². The number of hydrogen-bond acceptors (Lipinski definition) is 6. The van der Waals surface area contributed by atoms with Crippen LogP contribution in [-0.4, -0.2) is 68.6 Å². The van der Waals surface area contributed by atoms with Crippen molar-refractivity contribution in [2.45, 2.75) is 87.9 Å². The number of aromatic amines is 1. The number of carbonyl (C=O) groups is 3. The predicted octanol–water partition coefficient (Wildman–Crippen LogP) is 2.71. The van der Waals surface area contributed by atoms with Gasteiger partial charge in [0.15, 0.2) is 11.5 Å². The van der Waals surface area contributed by atoms with Gasteiger partial charge in [-0.25, -0.2) is 9.37 Å². The molecule has 0 aromatic carbocycles. The van der Waals surface area contributed by atoms with Crippen LogP contribution in [0.4, 0.5) is 4.39 Å². The molecule has 3 aliphatic heterocycles. The van der Waals surface area contributed by atoms with Gasteiger partial charge in [0.2, 0.25) is 17.7 Å². The van der Waals surface area contributed by atoms with Crippen LogP contribution in [0.25, 0.3) is 11.3 Å². The van der Waals surface area contributed by atoms with E-state index >= 15 is 0 Å². The van der Waals surface area contributed by atoms with Crippen molar-refractivity contribution in [1.29, 1.82) is 0 Å². The maximum absolute atomic E-state index is 14.4. The first-order valence-electron chi connectivity index (χ1n) is 13.5. The Morgan fingerprint density at radius 2 is 1.87 bits per heavy atom. The first-order chi connectivity index (χ1) is 18.3. The fourth-order valence-electron chi connectivity index (χ4n) is 6.94. The summed E-state index contributed by atoms with van der Waals surface area (Å²) in [6.45, 7) is 0. The Hall–Kier alpha value is -3.50. The van der Waals surface area contributed by atoms with Gasteiger partial charge in [-0.15, -0.1) is 0 Å². The van der Waals surface area contributed by atoms with Crippen molar-refractivity contribution < 1.29 is 23.5 Å². The van der Waals surface area contributed by atoms with Crippen molar-refractivity contribution in [1.82, 2.24) is 30.7 Å². The summed E-state index contributed by atoms with van der Waals surface area (Å²) in [6, 6.07) is 3.12. The molecule has 2 bridgehead atoms. The van der Waals surface area contributed by atoms with E-state index in [9.17, 15) is 18.8 Å². The number of rotatable bonds is 5. The third kappa shape index (κ3) is 4.52. The highest BCUT2D eigenvalue weighted by atomic mass is 19.1. The van der Waals surface area contributed by atoms with Crippen LogP contribution in [-0.2, 0) is 9.59 Å². The lowest BCUT2D eigenvalue weighted by Crippen LogP contribution is -2.52. The third-order valence-corrected chi connectivity index (χ3v) is 8.99. The summed E-state index contributed by atoms with van der Waals surface area (Å²) in [7, 11) is 1.45. The van der Waals surface area contributed by atoms with Crippen LogP contribution in [0.3, 0.4) is 0 Å². The van der Waals surface area contributed by atoms with E-state index in [2.05, 4.69) is 25.8 Å². The summed E-state index contributed by atoms with van der Waals surface area (Å²) in [5, 5.41) is 13.4. The molecule has 0 radical (unpaired) electrons. The monoisotopic (exact) mass is 524 g/mol. The van der Waals surface area contributed by atoms with Crippen molar-refractivity contribution in [3.05, 3.63) is 29.8 Å². The lowest BCUT2D eigenvalue weighted by atomic mass is 9.78. The number of piperidine rings is 1. The number of pyridine rings is 1.